The van der Waals surface area contributed by atoms with E-state index >= 15 is 0 Å². The van der Waals surface area contributed by atoms with Crippen LogP contribution in [0.4, 0.5) is 11.4 Å². The van der Waals surface area contributed by atoms with E-state index in [1.165, 1.54) is 0 Å². The van der Waals surface area contributed by atoms with Crippen LogP contribution >= 0.6 is 22.6 Å². The Bertz CT molecular complexity index is 629. The number of carbonyl (C=O) groups excluding carboxylic acids is 1. The minimum Gasteiger partial charge on any atom is -0.484 e. The van der Waals surface area contributed by atoms with Crippen LogP contribution in [-0.2, 0) is 4.79 Å². The predicted molar refractivity (Wildman–Crippen MR) is 98.7 cm³/mol. The predicted octanol–water partition coefficient (Wildman–Crippen LogP) is 3.76. The summed E-state index contributed by atoms with van der Waals surface area (Å²) < 4.78 is 6.60. The van der Waals surface area contributed by atoms with E-state index in [1.807, 2.05) is 55.6 Å². The van der Waals surface area contributed by atoms with Gasteiger partial charge in [0.05, 0.1) is 0 Å². The summed E-state index contributed by atoms with van der Waals surface area (Å²) in [6.45, 7) is 2.99. The van der Waals surface area contributed by atoms with Gasteiger partial charge in [0.1, 0.15) is 5.75 Å². The van der Waals surface area contributed by atoms with Crippen LogP contribution < -0.4 is 15.0 Å². The first kappa shape index (κ1) is 16.6. The lowest BCUT2D eigenvalue weighted by molar-refractivity contribution is -0.118. The first-order chi connectivity index (χ1) is 10.6. The van der Waals surface area contributed by atoms with Gasteiger partial charge in [0.2, 0.25) is 0 Å². The zero-order valence-corrected chi connectivity index (χ0v) is 14.8. The van der Waals surface area contributed by atoms with Crippen molar-refractivity contribution in [3.63, 3.8) is 0 Å². The lowest BCUT2D eigenvalue weighted by Gasteiger charge is -2.17. The van der Waals surface area contributed by atoms with Crippen molar-refractivity contribution in [2.24, 2.45) is 0 Å². The summed E-state index contributed by atoms with van der Waals surface area (Å²) >= 11 is 2.23. The SMILES string of the molecule is CCN(C)c1cccc(NC(=O)COc2ccc(I)cc2)c1. The average Bonchev–Trinajstić information content (AvgIpc) is 2.54. The van der Waals surface area contributed by atoms with Gasteiger partial charge in [-0.2, -0.15) is 0 Å². The summed E-state index contributed by atoms with van der Waals surface area (Å²) in [5.41, 5.74) is 1.84. The number of halogens is 1. The monoisotopic (exact) mass is 410 g/mol. The molecule has 4 nitrogen and oxygen atoms in total. The van der Waals surface area contributed by atoms with Crippen LogP contribution in [0.25, 0.3) is 0 Å². The molecule has 1 amide bonds. The molecule has 0 atom stereocenters. The fraction of sp³-hybridized carbons (Fsp3) is 0.235. The molecular formula is C17H19IN2O2. The molecule has 116 valence electrons. The van der Waals surface area contributed by atoms with E-state index in [-0.39, 0.29) is 12.5 Å². The number of hydrogen-bond acceptors (Lipinski definition) is 3. The van der Waals surface area contributed by atoms with Crippen molar-refractivity contribution in [2.45, 2.75) is 6.92 Å². The van der Waals surface area contributed by atoms with Gasteiger partial charge in [-0.15, -0.1) is 0 Å². The van der Waals surface area contributed by atoms with E-state index in [0.717, 1.165) is 21.5 Å². The molecule has 0 heterocycles. The van der Waals surface area contributed by atoms with Gasteiger partial charge in [0.25, 0.3) is 5.91 Å². The molecule has 0 saturated heterocycles. The van der Waals surface area contributed by atoms with Crippen molar-refractivity contribution in [3.05, 3.63) is 52.1 Å². The van der Waals surface area contributed by atoms with E-state index in [2.05, 4.69) is 39.7 Å². The molecule has 22 heavy (non-hydrogen) atoms. The van der Waals surface area contributed by atoms with Crippen molar-refractivity contribution in [3.8, 4) is 5.75 Å². The molecule has 0 saturated carbocycles. The second-order valence-electron chi connectivity index (χ2n) is 4.86. The molecule has 0 aromatic heterocycles. The number of carbonyl (C=O) groups is 1. The van der Waals surface area contributed by atoms with Crippen LogP contribution in [0.15, 0.2) is 48.5 Å². The molecule has 0 radical (unpaired) electrons. The van der Waals surface area contributed by atoms with Crippen LogP contribution in [0, 0.1) is 3.57 Å². The van der Waals surface area contributed by atoms with Crippen molar-refractivity contribution < 1.29 is 9.53 Å². The highest BCUT2D eigenvalue weighted by Gasteiger charge is 2.05. The molecule has 2 aromatic carbocycles. The zero-order valence-electron chi connectivity index (χ0n) is 12.7. The number of hydrogen-bond donors (Lipinski definition) is 1. The average molecular weight is 410 g/mol. The summed E-state index contributed by atoms with van der Waals surface area (Å²) in [5.74, 6) is 0.518. The van der Waals surface area contributed by atoms with Crippen molar-refractivity contribution in [2.75, 3.05) is 30.4 Å². The fourth-order valence-electron chi connectivity index (χ4n) is 1.88. The summed E-state index contributed by atoms with van der Waals surface area (Å²) in [6.07, 6.45) is 0. The number of benzene rings is 2. The molecule has 0 aliphatic carbocycles. The lowest BCUT2D eigenvalue weighted by Crippen LogP contribution is -2.21. The second kappa shape index (κ2) is 8.03. The molecule has 0 aliphatic heterocycles. The van der Waals surface area contributed by atoms with Gasteiger partial charge in [-0.1, -0.05) is 6.07 Å². The smallest absolute Gasteiger partial charge is 0.262 e. The first-order valence-electron chi connectivity index (χ1n) is 7.08. The third-order valence-electron chi connectivity index (χ3n) is 3.23. The lowest BCUT2D eigenvalue weighted by atomic mass is 10.2. The Morgan fingerprint density at radius 2 is 1.95 bits per heavy atom. The molecule has 0 spiro atoms. The molecule has 2 aromatic rings. The third kappa shape index (κ3) is 4.91. The highest BCUT2D eigenvalue weighted by atomic mass is 127. The first-order valence-corrected chi connectivity index (χ1v) is 8.16. The summed E-state index contributed by atoms with van der Waals surface area (Å²) in [6, 6.07) is 15.4. The maximum Gasteiger partial charge on any atom is 0.262 e. The Balaban J connectivity index is 1.90. The minimum absolute atomic E-state index is 0.00552. The van der Waals surface area contributed by atoms with Crippen LogP contribution in [-0.4, -0.2) is 26.1 Å². The number of nitrogens with zero attached hydrogens (tertiary/aromatic N) is 1. The van der Waals surface area contributed by atoms with E-state index in [4.69, 9.17) is 4.74 Å². The standard InChI is InChI=1S/C17H19IN2O2/c1-3-20(2)15-6-4-5-14(11-15)19-17(21)12-22-16-9-7-13(18)8-10-16/h4-11H,3,12H2,1-2H3,(H,19,21). The Kier molecular flexibility index (Phi) is 6.06. The van der Waals surface area contributed by atoms with E-state index in [0.29, 0.717) is 5.75 Å². The van der Waals surface area contributed by atoms with Gasteiger partial charge in [-0.3, -0.25) is 4.79 Å². The van der Waals surface area contributed by atoms with Gasteiger partial charge in [0.15, 0.2) is 6.61 Å². The van der Waals surface area contributed by atoms with Gasteiger partial charge in [0, 0.05) is 28.5 Å². The zero-order chi connectivity index (χ0) is 15.9. The van der Waals surface area contributed by atoms with Gasteiger partial charge >= 0.3 is 0 Å². The Morgan fingerprint density at radius 1 is 1.23 bits per heavy atom. The molecule has 0 fully saturated rings. The van der Waals surface area contributed by atoms with E-state index in [1.54, 1.807) is 0 Å². The van der Waals surface area contributed by atoms with Crippen LogP contribution in [0.1, 0.15) is 6.92 Å². The van der Waals surface area contributed by atoms with E-state index in [9.17, 15) is 4.79 Å². The third-order valence-corrected chi connectivity index (χ3v) is 3.95. The Morgan fingerprint density at radius 3 is 2.64 bits per heavy atom. The molecule has 2 rings (SSSR count). The summed E-state index contributed by atoms with van der Waals surface area (Å²) in [5, 5.41) is 2.85. The molecular weight excluding hydrogens is 391 g/mol. The van der Waals surface area contributed by atoms with Gasteiger partial charge in [-0.05, 0) is 72.0 Å². The van der Waals surface area contributed by atoms with Gasteiger partial charge < -0.3 is 15.0 Å². The number of nitrogens with one attached hydrogen (secondary N) is 1. The highest BCUT2D eigenvalue weighted by molar-refractivity contribution is 14.1. The van der Waals surface area contributed by atoms with Crippen molar-refractivity contribution in [1.82, 2.24) is 0 Å². The Hall–Kier alpha value is -1.76. The number of amides is 1. The summed E-state index contributed by atoms with van der Waals surface area (Å²) in [4.78, 5) is 14.1. The molecule has 1 N–H and O–H groups in total. The molecule has 0 bridgehead atoms. The fourth-order valence-corrected chi connectivity index (χ4v) is 2.24. The molecule has 0 aliphatic rings. The quantitative estimate of drug-likeness (QED) is 0.738. The highest BCUT2D eigenvalue weighted by Crippen LogP contribution is 2.18. The van der Waals surface area contributed by atoms with Crippen molar-refractivity contribution >= 4 is 39.9 Å². The minimum atomic E-state index is -0.171. The normalized spacial score (nSPS) is 10.1. The van der Waals surface area contributed by atoms with Crippen LogP contribution in [0.5, 0.6) is 5.75 Å². The summed E-state index contributed by atoms with van der Waals surface area (Å²) in [7, 11) is 2.01. The van der Waals surface area contributed by atoms with Crippen molar-refractivity contribution in [1.29, 1.82) is 0 Å². The largest absolute Gasteiger partial charge is 0.484 e. The number of ether oxygens (including phenoxy) is 1. The number of anilines is 2. The maximum absolute atomic E-state index is 12.0. The van der Waals surface area contributed by atoms with Crippen LogP contribution in [0.2, 0.25) is 0 Å². The second-order valence-corrected chi connectivity index (χ2v) is 6.10. The number of rotatable bonds is 6. The topological polar surface area (TPSA) is 41.6 Å². The molecule has 0 unspecified atom stereocenters. The van der Waals surface area contributed by atoms with Gasteiger partial charge in [-0.25, -0.2) is 0 Å². The maximum atomic E-state index is 12.0. The van der Waals surface area contributed by atoms with E-state index < -0.39 is 0 Å². The van der Waals surface area contributed by atoms with Crippen LogP contribution in [0.3, 0.4) is 0 Å². The Labute approximate surface area is 144 Å². The molecule has 5 heteroatoms.